The predicted molar refractivity (Wildman–Crippen MR) is 240 cm³/mol. The molecule has 56 heavy (non-hydrogen) atoms. The van der Waals surface area contributed by atoms with Crippen molar-refractivity contribution in [2.24, 2.45) is 35.5 Å². The SMILES string of the molecule is CC(C)CCC(COC(=O)CCCCCCCCCC(CCCCCCCCCC(=O)OCC(CCC(C)C)C(C)C)NCCCN1CCN(C)CC1)C(C)C. The maximum Gasteiger partial charge on any atom is 0.305 e. The summed E-state index contributed by atoms with van der Waals surface area (Å²) in [4.78, 5) is 29.8. The highest BCUT2D eigenvalue weighted by molar-refractivity contribution is 5.69. The van der Waals surface area contributed by atoms with Gasteiger partial charge in [0.25, 0.3) is 0 Å². The fourth-order valence-corrected chi connectivity index (χ4v) is 7.97. The molecule has 1 heterocycles. The van der Waals surface area contributed by atoms with Crippen LogP contribution in [0.2, 0.25) is 0 Å². The van der Waals surface area contributed by atoms with Crippen molar-refractivity contribution in [3.63, 3.8) is 0 Å². The van der Waals surface area contributed by atoms with E-state index in [1.165, 1.54) is 129 Å². The normalized spacial score (nSPS) is 15.9. The number of esters is 2. The number of unbranched alkanes of at least 4 members (excludes halogenated alkanes) is 12. The number of ether oxygens (including phenoxy) is 2. The molecule has 1 N–H and O–H groups in total. The first kappa shape index (κ1) is 52.8. The molecule has 0 saturated carbocycles. The number of hydrogen-bond donors (Lipinski definition) is 1. The van der Waals surface area contributed by atoms with E-state index in [-0.39, 0.29) is 11.9 Å². The van der Waals surface area contributed by atoms with Crippen molar-refractivity contribution in [2.75, 3.05) is 59.5 Å². The molecule has 332 valence electrons. The summed E-state index contributed by atoms with van der Waals surface area (Å²) >= 11 is 0. The second-order valence-electron chi connectivity index (χ2n) is 19.5. The number of likely N-dealkylation sites (N-methyl/N-ethyl adjacent to an activating group) is 1. The van der Waals surface area contributed by atoms with Crippen molar-refractivity contribution in [2.45, 2.75) is 209 Å². The lowest BCUT2D eigenvalue weighted by molar-refractivity contribution is -0.146. The maximum absolute atomic E-state index is 12.3. The Labute approximate surface area is 349 Å². The van der Waals surface area contributed by atoms with Gasteiger partial charge in [-0.05, 0) is 101 Å². The van der Waals surface area contributed by atoms with Gasteiger partial charge in [-0.2, -0.15) is 0 Å². The summed E-state index contributed by atoms with van der Waals surface area (Å²) in [6.45, 7) is 26.4. The van der Waals surface area contributed by atoms with E-state index < -0.39 is 0 Å². The van der Waals surface area contributed by atoms with Gasteiger partial charge in [0.15, 0.2) is 0 Å². The van der Waals surface area contributed by atoms with Gasteiger partial charge in [-0.15, -0.1) is 0 Å². The number of nitrogens with one attached hydrogen (secondary N) is 1. The Morgan fingerprint density at radius 3 is 1.29 bits per heavy atom. The van der Waals surface area contributed by atoms with Crippen molar-refractivity contribution in [3.8, 4) is 0 Å². The van der Waals surface area contributed by atoms with Crippen LogP contribution in [0.5, 0.6) is 0 Å². The smallest absolute Gasteiger partial charge is 0.305 e. The van der Waals surface area contributed by atoms with Crippen molar-refractivity contribution in [1.82, 2.24) is 15.1 Å². The van der Waals surface area contributed by atoms with Crippen LogP contribution in [0.25, 0.3) is 0 Å². The van der Waals surface area contributed by atoms with Crippen LogP contribution in [-0.2, 0) is 19.1 Å². The molecule has 0 aromatic rings. The van der Waals surface area contributed by atoms with Crippen LogP contribution in [0, 0.1) is 35.5 Å². The molecule has 0 amide bonds. The van der Waals surface area contributed by atoms with Gasteiger partial charge >= 0.3 is 11.9 Å². The standard InChI is InChI=1S/C49H97N3O4/c1-41(2)29-31-45(43(5)6)39-55-48(53)27-22-18-14-10-12-16-20-25-47(50-33-24-34-52-37-35-51(9)36-38-52)26-21-17-13-11-15-19-23-28-49(54)56-40-46(44(7)8)32-30-42(3)4/h41-47,50H,10-40H2,1-9H3. The topological polar surface area (TPSA) is 71.1 Å². The molecule has 7 nitrogen and oxygen atoms in total. The Balaban J connectivity index is 2.22. The average molecular weight is 792 g/mol. The molecule has 1 rings (SSSR count). The summed E-state index contributed by atoms with van der Waals surface area (Å²) in [6.07, 6.45) is 26.8. The zero-order valence-corrected chi connectivity index (χ0v) is 39.0. The molecule has 1 saturated heterocycles. The molecular weight excluding hydrogens is 695 g/mol. The minimum Gasteiger partial charge on any atom is -0.465 e. The Hall–Kier alpha value is -1.18. The first-order valence-electron chi connectivity index (χ1n) is 24.3. The van der Waals surface area contributed by atoms with Crippen LogP contribution < -0.4 is 5.32 Å². The van der Waals surface area contributed by atoms with Crippen LogP contribution in [0.4, 0.5) is 0 Å². The zero-order chi connectivity index (χ0) is 41.4. The molecule has 0 aliphatic carbocycles. The minimum absolute atomic E-state index is 0.000745. The molecular formula is C49H97N3O4. The Morgan fingerprint density at radius 2 is 0.893 bits per heavy atom. The van der Waals surface area contributed by atoms with Gasteiger partial charge in [0, 0.05) is 45.1 Å². The highest BCUT2D eigenvalue weighted by Crippen LogP contribution is 2.23. The second kappa shape index (κ2) is 34.7. The van der Waals surface area contributed by atoms with E-state index in [0.717, 1.165) is 45.1 Å². The molecule has 2 unspecified atom stereocenters. The van der Waals surface area contributed by atoms with E-state index in [0.29, 0.717) is 67.6 Å². The predicted octanol–water partition coefficient (Wildman–Crippen LogP) is 12.1. The maximum atomic E-state index is 12.3. The number of hydrogen-bond acceptors (Lipinski definition) is 7. The minimum atomic E-state index is -0.000745. The molecule has 2 atom stereocenters. The quantitative estimate of drug-likeness (QED) is 0.0496. The number of nitrogens with zero attached hydrogens (tertiary/aromatic N) is 2. The largest absolute Gasteiger partial charge is 0.465 e. The van der Waals surface area contributed by atoms with Gasteiger partial charge in [0.1, 0.15) is 0 Å². The van der Waals surface area contributed by atoms with Crippen molar-refractivity contribution < 1.29 is 19.1 Å². The van der Waals surface area contributed by atoms with Crippen LogP contribution in [-0.4, -0.2) is 87.3 Å². The van der Waals surface area contributed by atoms with Crippen LogP contribution >= 0.6 is 0 Å². The van der Waals surface area contributed by atoms with Gasteiger partial charge in [0.2, 0.25) is 0 Å². The molecule has 0 aromatic heterocycles. The third kappa shape index (κ3) is 30.8. The first-order valence-corrected chi connectivity index (χ1v) is 24.3. The molecule has 1 aliphatic heterocycles. The van der Waals surface area contributed by atoms with E-state index in [1.807, 2.05) is 0 Å². The fourth-order valence-electron chi connectivity index (χ4n) is 7.97. The van der Waals surface area contributed by atoms with Gasteiger partial charge < -0.3 is 24.6 Å². The summed E-state index contributed by atoms with van der Waals surface area (Å²) in [5, 5.41) is 3.97. The second-order valence-corrected chi connectivity index (χ2v) is 19.5. The number of carbonyl (C=O) groups is 2. The summed E-state index contributed by atoms with van der Waals surface area (Å²) < 4.78 is 11.4. The van der Waals surface area contributed by atoms with Gasteiger partial charge in [-0.3, -0.25) is 9.59 Å². The zero-order valence-electron chi connectivity index (χ0n) is 39.0. The molecule has 0 aromatic carbocycles. The van der Waals surface area contributed by atoms with E-state index >= 15 is 0 Å². The van der Waals surface area contributed by atoms with E-state index in [4.69, 9.17) is 9.47 Å². The van der Waals surface area contributed by atoms with Crippen LogP contribution in [0.1, 0.15) is 203 Å². The van der Waals surface area contributed by atoms with E-state index in [2.05, 4.69) is 77.6 Å². The number of piperazine rings is 1. The molecule has 1 aliphatic rings. The summed E-state index contributed by atoms with van der Waals surface area (Å²) in [6, 6.07) is 0.640. The lowest BCUT2D eigenvalue weighted by Gasteiger charge is -2.32. The molecule has 1 fully saturated rings. The van der Waals surface area contributed by atoms with E-state index in [9.17, 15) is 9.59 Å². The van der Waals surface area contributed by atoms with Gasteiger partial charge in [-0.1, -0.05) is 145 Å². The fraction of sp³-hybridized carbons (Fsp3) is 0.959. The summed E-state index contributed by atoms with van der Waals surface area (Å²) in [5.74, 6) is 3.49. The van der Waals surface area contributed by atoms with Gasteiger partial charge in [-0.25, -0.2) is 0 Å². The molecule has 0 spiro atoms. The highest BCUT2D eigenvalue weighted by Gasteiger charge is 2.18. The van der Waals surface area contributed by atoms with Crippen LogP contribution in [0.15, 0.2) is 0 Å². The van der Waals surface area contributed by atoms with Crippen LogP contribution in [0.3, 0.4) is 0 Å². The Kier molecular flexibility index (Phi) is 32.7. The molecule has 0 radical (unpaired) electrons. The third-order valence-corrected chi connectivity index (χ3v) is 12.6. The monoisotopic (exact) mass is 792 g/mol. The highest BCUT2D eigenvalue weighted by atomic mass is 16.5. The van der Waals surface area contributed by atoms with E-state index in [1.54, 1.807) is 0 Å². The Morgan fingerprint density at radius 1 is 0.500 bits per heavy atom. The summed E-state index contributed by atoms with van der Waals surface area (Å²) in [5.41, 5.74) is 0. The lowest BCUT2D eigenvalue weighted by Crippen LogP contribution is -2.45. The lowest BCUT2D eigenvalue weighted by atomic mass is 9.89. The van der Waals surface area contributed by atoms with Crippen molar-refractivity contribution in [1.29, 1.82) is 0 Å². The van der Waals surface area contributed by atoms with Crippen molar-refractivity contribution >= 4 is 11.9 Å². The Bertz CT molecular complexity index is 859. The average Bonchev–Trinajstić information content (AvgIpc) is 3.14. The molecule has 0 bridgehead atoms. The number of carbonyl (C=O) groups excluding carboxylic acids is 2. The van der Waals surface area contributed by atoms with Gasteiger partial charge in [0.05, 0.1) is 13.2 Å². The first-order chi connectivity index (χ1) is 26.9. The third-order valence-electron chi connectivity index (χ3n) is 12.6. The summed E-state index contributed by atoms with van der Waals surface area (Å²) in [7, 11) is 2.23. The molecule has 7 heteroatoms. The van der Waals surface area contributed by atoms with Crippen molar-refractivity contribution in [3.05, 3.63) is 0 Å². The number of rotatable bonds is 37.